The van der Waals surface area contributed by atoms with Gasteiger partial charge in [-0.3, -0.25) is 19.2 Å². The number of ketones is 1. The molecule has 0 aromatic heterocycles. The Bertz CT molecular complexity index is 1520. The smallest absolute Gasteiger partial charge is 0.416 e. The van der Waals surface area contributed by atoms with Crippen molar-refractivity contribution in [2.75, 3.05) is 19.8 Å². The van der Waals surface area contributed by atoms with Gasteiger partial charge >= 0.3 is 12.3 Å². The second kappa shape index (κ2) is 14.6. The van der Waals surface area contributed by atoms with Crippen LogP contribution in [0.1, 0.15) is 83.8 Å². The second-order valence-corrected chi connectivity index (χ2v) is 14.5. The number of halogens is 3. The van der Waals surface area contributed by atoms with Gasteiger partial charge < -0.3 is 35.2 Å². The van der Waals surface area contributed by atoms with E-state index >= 15 is 0 Å². The summed E-state index contributed by atoms with van der Waals surface area (Å²) in [5, 5.41) is 12.1. The summed E-state index contributed by atoms with van der Waals surface area (Å²) in [5.74, 6) is -2.98. The zero-order chi connectivity index (χ0) is 36.4. The van der Waals surface area contributed by atoms with Crippen molar-refractivity contribution in [2.24, 2.45) is 10.6 Å². The molecule has 1 aliphatic carbocycles. The number of carbonyl (C=O) groups excluding carboxylic acids is 5. The Morgan fingerprint density at radius 1 is 1.10 bits per heavy atom. The maximum absolute atomic E-state index is 14.4. The van der Waals surface area contributed by atoms with Crippen LogP contribution in [0.5, 0.6) is 0 Å². The number of benzene rings is 1. The Morgan fingerprint density at radius 3 is 2.46 bits per heavy atom. The molecule has 0 radical (unpaired) electrons. The molecule has 1 aromatic carbocycles. The molecule has 274 valence electrons. The number of Topliss-reactive ketones (excluding diaryl/α,β-unsaturated/α-hetero) is 1. The molecule has 3 fully saturated rings. The normalized spacial score (nSPS) is 24.6. The zero-order valence-corrected chi connectivity index (χ0v) is 28.6. The third kappa shape index (κ3) is 8.74. The van der Waals surface area contributed by atoms with Gasteiger partial charge in [0.2, 0.25) is 17.6 Å². The van der Waals surface area contributed by atoms with Crippen molar-refractivity contribution in [1.82, 2.24) is 20.9 Å². The lowest BCUT2D eigenvalue weighted by molar-refractivity contribution is -0.144. The highest BCUT2D eigenvalue weighted by Crippen LogP contribution is 2.41. The number of amides is 4. The van der Waals surface area contributed by atoms with Crippen LogP contribution in [0.3, 0.4) is 0 Å². The van der Waals surface area contributed by atoms with Crippen molar-refractivity contribution in [3.8, 4) is 0 Å². The second-order valence-electron chi connectivity index (χ2n) is 14.5. The molecule has 5 rings (SSSR count). The van der Waals surface area contributed by atoms with Gasteiger partial charge in [0.15, 0.2) is 5.60 Å². The quantitative estimate of drug-likeness (QED) is 0.295. The number of hydrogen-bond acceptors (Lipinski definition) is 9. The third-order valence-corrected chi connectivity index (χ3v) is 9.23. The van der Waals surface area contributed by atoms with Gasteiger partial charge in [-0.1, -0.05) is 51.4 Å². The molecule has 1 saturated carbocycles. The minimum absolute atomic E-state index is 0.0275. The van der Waals surface area contributed by atoms with Crippen LogP contribution in [-0.4, -0.2) is 95.8 Å². The fraction of sp³-hybridized carbons (Fsp3) is 0.647. The summed E-state index contributed by atoms with van der Waals surface area (Å²) < 4.78 is 51.2. The Morgan fingerprint density at radius 2 is 1.84 bits per heavy atom. The molecular formula is C34H44F3N5O8. The fourth-order valence-corrected chi connectivity index (χ4v) is 6.35. The zero-order valence-electron chi connectivity index (χ0n) is 28.6. The van der Waals surface area contributed by atoms with Crippen molar-refractivity contribution in [3.05, 3.63) is 35.4 Å². The Hall–Kier alpha value is -4.21. The molecule has 1 spiro atoms. The van der Waals surface area contributed by atoms with Crippen LogP contribution in [0.15, 0.2) is 29.4 Å². The van der Waals surface area contributed by atoms with E-state index in [0.717, 1.165) is 25.0 Å². The van der Waals surface area contributed by atoms with Crippen molar-refractivity contribution in [2.45, 2.75) is 115 Å². The molecular weight excluding hydrogens is 663 g/mol. The lowest BCUT2D eigenvalue weighted by Gasteiger charge is -2.35. The van der Waals surface area contributed by atoms with Crippen LogP contribution >= 0.6 is 0 Å². The van der Waals surface area contributed by atoms with Gasteiger partial charge in [0.1, 0.15) is 18.2 Å². The number of alkyl halides is 3. The molecule has 3 aliphatic heterocycles. The van der Waals surface area contributed by atoms with Gasteiger partial charge in [-0.25, -0.2) is 4.79 Å². The molecule has 2 saturated heterocycles. The molecule has 5 atom stereocenters. The van der Waals surface area contributed by atoms with Gasteiger partial charge in [0.05, 0.1) is 37.1 Å². The molecule has 16 heteroatoms. The van der Waals surface area contributed by atoms with Gasteiger partial charge in [-0.15, -0.1) is 0 Å². The highest BCUT2D eigenvalue weighted by molar-refractivity contribution is 6.38. The first-order valence-corrected chi connectivity index (χ1v) is 16.9. The predicted octanol–water partition coefficient (Wildman–Crippen LogP) is 3.23. The molecule has 3 N–H and O–H groups in total. The summed E-state index contributed by atoms with van der Waals surface area (Å²) in [6.07, 6.45) is -3.41. The van der Waals surface area contributed by atoms with Crippen molar-refractivity contribution in [3.63, 3.8) is 0 Å². The fourth-order valence-electron chi connectivity index (χ4n) is 6.35. The highest BCUT2D eigenvalue weighted by atomic mass is 19.4. The number of rotatable bonds is 11. The van der Waals surface area contributed by atoms with Crippen LogP contribution < -0.4 is 16.0 Å². The maximum Gasteiger partial charge on any atom is 0.416 e. The van der Waals surface area contributed by atoms with E-state index in [-0.39, 0.29) is 49.7 Å². The number of nitrogens with one attached hydrogen (secondary N) is 3. The van der Waals surface area contributed by atoms with E-state index in [1.54, 1.807) is 27.7 Å². The molecule has 50 heavy (non-hydrogen) atoms. The van der Waals surface area contributed by atoms with E-state index in [2.05, 4.69) is 21.1 Å². The first kappa shape index (κ1) is 37.1. The van der Waals surface area contributed by atoms with Gasteiger partial charge in [0, 0.05) is 30.9 Å². The number of hydrogen-bond donors (Lipinski definition) is 3. The van der Waals surface area contributed by atoms with Crippen LogP contribution in [0.2, 0.25) is 0 Å². The number of oxime groups is 1. The van der Waals surface area contributed by atoms with Crippen LogP contribution in [0, 0.1) is 5.41 Å². The van der Waals surface area contributed by atoms with Crippen molar-refractivity contribution < 1.29 is 51.5 Å². The Balaban J connectivity index is 1.40. The minimum Gasteiger partial charge on any atom is -0.444 e. The lowest BCUT2D eigenvalue weighted by atomic mass is 9.85. The molecule has 13 nitrogen and oxygen atoms in total. The summed E-state index contributed by atoms with van der Waals surface area (Å²) in [4.78, 5) is 74.2. The number of nitrogens with zero attached hydrogens (tertiary/aromatic N) is 2. The van der Waals surface area contributed by atoms with E-state index in [4.69, 9.17) is 14.3 Å². The average molecular weight is 708 g/mol. The molecule has 4 aliphatic rings. The predicted molar refractivity (Wildman–Crippen MR) is 172 cm³/mol. The molecule has 4 amide bonds. The average Bonchev–Trinajstić information content (AvgIpc) is 3.39. The van der Waals surface area contributed by atoms with Gasteiger partial charge in [-0.05, 0) is 36.8 Å². The first-order valence-electron chi connectivity index (χ1n) is 16.9. The Kier molecular flexibility index (Phi) is 10.8. The number of alkyl carbamates (subject to hydrolysis) is 1. The molecule has 3 heterocycles. The summed E-state index contributed by atoms with van der Waals surface area (Å²) in [5.41, 5.74) is -2.68. The summed E-state index contributed by atoms with van der Waals surface area (Å²) in [6.45, 7) is 7.42. The standard InChI is InChI=1S/C34H44F3N5O8/c1-5-7-23(26(43)29(45)38-21-10-11-21)39-28(44)25-16-33(15-24(41-50-33)19-8-6-9-20(14-19)34(35,36)37)18-42(25)30(46)27(32(2,3)4)40-31(47)49-22-12-13-48-17-22/h6,8-9,14,21-23,25,27H,5,7,10-13,15-18H2,1-4H3,(H,38,45)(H,39,44)(H,40,47)/t22-,23-,25-,27+,33-/m0/s1. The van der Waals surface area contributed by atoms with Crippen molar-refractivity contribution in [1.29, 1.82) is 0 Å². The van der Waals surface area contributed by atoms with E-state index in [1.165, 1.54) is 17.0 Å². The third-order valence-electron chi connectivity index (χ3n) is 9.23. The number of carbonyl (C=O) groups is 5. The van der Waals surface area contributed by atoms with Crippen LogP contribution in [0.4, 0.5) is 18.0 Å². The molecule has 0 unspecified atom stereocenters. The SMILES string of the molecule is CCC[C@H](NC(=O)[C@@H]1C[C@@]2(CC(c3cccc(C(F)(F)F)c3)=NO2)CN1C(=O)[C@@H](NC(=O)O[C@H]1CCOC1)C(C)(C)C)C(=O)C(=O)NC1CC1. The first-order chi connectivity index (χ1) is 23.5. The summed E-state index contributed by atoms with van der Waals surface area (Å²) >= 11 is 0. The lowest BCUT2D eigenvalue weighted by Crippen LogP contribution is -2.59. The van der Waals surface area contributed by atoms with Gasteiger partial charge in [-0.2, -0.15) is 13.2 Å². The van der Waals surface area contributed by atoms with Crippen LogP contribution in [0.25, 0.3) is 0 Å². The summed E-state index contributed by atoms with van der Waals surface area (Å²) in [7, 11) is 0. The minimum atomic E-state index is -4.59. The van der Waals surface area contributed by atoms with Crippen molar-refractivity contribution >= 4 is 35.3 Å². The molecule has 1 aromatic rings. The van der Waals surface area contributed by atoms with E-state index in [0.29, 0.717) is 19.4 Å². The number of likely N-dealkylation sites (tertiary alicyclic amines) is 1. The highest BCUT2D eigenvalue weighted by Gasteiger charge is 2.56. The topological polar surface area (TPSA) is 165 Å². The largest absolute Gasteiger partial charge is 0.444 e. The summed E-state index contributed by atoms with van der Waals surface area (Å²) in [6, 6.07) is 0.939. The van der Waals surface area contributed by atoms with E-state index in [1.807, 2.05) is 0 Å². The maximum atomic E-state index is 14.4. The van der Waals surface area contributed by atoms with Crippen LogP contribution in [-0.2, 0) is 39.7 Å². The monoisotopic (exact) mass is 707 g/mol. The molecule has 0 bridgehead atoms. The Labute approximate surface area is 288 Å². The van der Waals surface area contributed by atoms with E-state index < -0.39 is 76.6 Å². The van der Waals surface area contributed by atoms with E-state index in [9.17, 15) is 37.1 Å². The van der Waals surface area contributed by atoms with Gasteiger partial charge in [0.25, 0.3) is 5.91 Å². The number of ether oxygens (including phenoxy) is 2.